The molecule has 0 saturated heterocycles. The van der Waals surface area contributed by atoms with Crippen LogP contribution in [0.2, 0.25) is 5.02 Å². The maximum Gasteiger partial charge on any atom is 0.144 e. The highest BCUT2D eigenvalue weighted by molar-refractivity contribution is 6.31. The zero-order chi connectivity index (χ0) is 14.7. The van der Waals surface area contributed by atoms with E-state index in [1.54, 1.807) is 24.3 Å². The van der Waals surface area contributed by atoms with Crippen molar-refractivity contribution in [2.24, 2.45) is 0 Å². The molecule has 0 fully saturated rings. The monoisotopic (exact) mass is 293 g/mol. The minimum absolute atomic E-state index is 0.137. The zero-order valence-electron chi connectivity index (χ0n) is 11.0. The van der Waals surface area contributed by atoms with E-state index in [9.17, 15) is 10.2 Å². The molecule has 20 heavy (non-hydrogen) atoms. The van der Waals surface area contributed by atoms with Gasteiger partial charge in [0.25, 0.3) is 0 Å². The molecule has 1 unspecified atom stereocenters. The molecule has 0 saturated carbocycles. The third kappa shape index (κ3) is 2.98. The van der Waals surface area contributed by atoms with Crippen molar-refractivity contribution in [1.29, 1.82) is 0 Å². The molecule has 2 aromatic carbocycles. The standard InChI is InChI=1S/C15H16ClNO3/c1-2-20-11-5-3-9(4-6-11)14(18)12-7-10(16)8-13(17)15(12)19/h3-8,14,18-19H,2,17H2,1H3. The molecule has 5 heteroatoms. The van der Waals surface area contributed by atoms with Crippen molar-refractivity contribution >= 4 is 17.3 Å². The van der Waals surface area contributed by atoms with Crippen molar-refractivity contribution in [3.63, 3.8) is 0 Å². The fourth-order valence-corrected chi connectivity index (χ4v) is 2.18. The van der Waals surface area contributed by atoms with Crippen LogP contribution in [-0.2, 0) is 0 Å². The number of phenolic OH excluding ortho intramolecular Hbond substituents is 1. The van der Waals surface area contributed by atoms with Crippen LogP contribution < -0.4 is 10.5 Å². The van der Waals surface area contributed by atoms with E-state index in [1.807, 2.05) is 6.92 Å². The summed E-state index contributed by atoms with van der Waals surface area (Å²) in [5.41, 5.74) is 6.67. The van der Waals surface area contributed by atoms with Gasteiger partial charge in [0, 0.05) is 10.6 Å². The van der Waals surface area contributed by atoms with Gasteiger partial charge in [0.15, 0.2) is 0 Å². The summed E-state index contributed by atoms with van der Waals surface area (Å²) in [5.74, 6) is 0.564. The van der Waals surface area contributed by atoms with E-state index in [2.05, 4.69) is 0 Å². The Labute approximate surface area is 122 Å². The lowest BCUT2D eigenvalue weighted by Gasteiger charge is -2.15. The summed E-state index contributed by atoms with van der Waals surface area (Å²) in [6.45, 7) is 2.48. The number of benzene rings is 2. The van der Waals surface area contributed by atoms with Crippen molar-refractivity contribution in [3.05, 3.63) is 52.5 Å². The van der Waals surface area contributed by atoms with Crippen LogP contribution in [0.4, 0.5) is 5.69 Å². The molecule has 0 aliphatic carbocycles. The number of phenols is 1. The smallest absolute Gasteiger partial charge is 0.144 e. The van der Waals surface area contributed by atoms with Crippen LogP contribution in [0.3, 0.4) is 0 Å². The van der Waals surface area contributed by atoms with Gasteiger partial charge in [-0.1, -0.05) is 23.7 Å². The van der Waals surface area contributed by atoms with Crippen LogP contribution >= 0.6 is 11.6 Å². The first-order chi connectivity index (χ1) is 9.52. The van der Waals surface area contributed by atoms with E-state index >= 15 is 0 Å². The van der Waals surface area contributed by atoms with Gasteiger partial charge in [0.05, 0.1) is 12.3 Å². The molecule has 0 aliphatic heterocycles. The highest BCUT2D eigenvalue weighted by Crippen LogP contribution is 2.36. The van der Waals surface area contributed by atoms with Gasteiger partial charge in [-0.15, -0.1) is 0 Å². The molecule has 2 rings (SSSR count). The predicted octanol–water partition coefficient (Wildman–Crippen LogP) is 3.11. The van der Waals surface area contributed by atoms with Crippen LogP contribution in [0, 0.1) is 0 Å². The Morgan fingerprint density at radius 1 is 1.25 bits per heavy atom. The quantitative estimate of drug-likeness (QED) is 0.598. The molecule has 1 atom stereocenters. The maximum atomic E-state index is 10.3. The van der Waals surface area contributed by atoms with Crippen molar-refractivity contribution in [2.45, 2.75) is 13.0 Å². The predicted molar refractivity (Wildman–Crippen MR) is 79.2 cm³/mol. The Hall–Kier alpha value is -1.91. The van der Waals surface area contributed by atoms with E-state index in [1.165, 1.54) is 12.1 Å². The second-order valence-electron chi connectivity index (χ2n) is 4.34. The van der Waals surface area contributed by atoms with Gasteiger partial charge in [0.1, 0.15) is 17.6 Å². The van der Waals surface area contributed by atoms with Crippen molar-refractivity contribution < 1.29 is 14.9 Å². The Morgan fingerprint density at radius 2 is 1.90 bits per heavy atom. The van der Waals surface area contributed by atoms with Gasteiger partial charge in [-0.25, -0.2) is 0 Å². The molecule has 0 bridgehead atoms. The first-order valence-corrected chi connectivity index (χ1v) is 6.59. The SMILES string of the molecule is CCOc1ccc(C(O)c2cc(Cl)cc(N)c2O)cc1. The lowest BCUT2D eigenvalue weighted by Crippen LogP contribution is -2.02. The summed E-state index contributed by atoms with van der Waals surface area (Å²) in [7, 11) is 0. The molecular weight excluding hydrogens is 278 g/mol. The third-order valence-corrected chi connectivity index (χ3v) is 3.15. The molecule has 0 aromatic heterocycles. The van der Waals surface area contributed by atoms with Gasteiger partial charge in [0.2, 0.25) is 0 Å². The number of halogens is 1. The fourth-order valence-electron chi connectivity index (χ4n) is 1.94. The number of nitrogen functional groups attached to an aromatic ring is 1. The summed E-state index contributed by atoms with van der Waals surface area (Å²) in [5, 5.41) is 20.6. The molecule has 106 valence electrons. The minimum atomic E-state index is -1.01. The number of hydrogen-bond donors (Lipinski definition) is 3. The zero-order valence-corrected chi connectivity index (χ0v) is 11.8. The van der Waals surface area contributed by atoms with Crippen LogP contribution in [0.5, 0.6) is 11.5 Å². The molecule has 0 heterocycles. The fraction of sp³-hybridized carbons (Fsp3) is 0.200. The largest absolute Gasteiger partial charge is 0.505 e. The number of nitrogens with two attached hydrogens (primary N) is 1. The number of aliphatic hydroxyl groups excluding tert-OH is 1. The Bertz CT molecular complexity index is 599. The number of rotatable bonds is 4. The van der Waals surface area contributed by atoms with E-state index < -0.39 is 6.10 Å². The van der Waals surface area contributed by atoms with Crippen LogP contribution in [0.15, 0.2) is 36.4 Å². The molecule has 0 aliphatic rings. The third-order valence-electron chi connectivity index (χ3n) is 2.94. The summed E-state index contributed by atoms with van der Waals surface area (Å²) >= 11 is 5.90. The molecule has 0 radical (unpaired) electrons. The first kappa shape index (κ1) is 14.5. The van der Waals surface area contributed by atoms with Gasteiger partial charge in [-0.05, 0) is 36.8 Å². The highest BCUT2D eigenvalue weighted by Gasteiger charge is 2.17. The maximum absolute atomic E-state index is 10.3. The number of aliphatic hydroxyl groups is 1. The van der Waals surface area contributed by atoms with E-state index in [4.69, 9.17) is 22.1 Å². The van der Waals surface area contributed by atoms with Crippen molar-refractivity contribution in [1.82, 2.24) is 0 Å². The van der Waals surface area contributed by atoms with Crippen LogP contribution in [0.25, 0.3) is 0 Å². The Morgan fingerprint density at radius 3 is 2.50 bits per heavy atom. The second-order valence-corrected chi connectivity index (χ2v) is 4.77. The Kier molecular flexibility index (Phi) is 4.37. The van der Waals surface area contributed by atoms with Gasteiger partial charge in [-0.3, -0.25) is 0 Å². The summed E-state index contributed by atoms with van der Waals surface area (Å²) in [4.78, 5) is 0. The Balaban J connectivity index is 2.33. The number of ether oxygens (including phenoxy) is 1. The van der Waals surface area contributed by atoms with Crippen molar-refractivity contribution in [3.8, 4) is 11.5 Å². The second kappa shape index (κ2) is 6.03. The van der Waals surface area contributed by atoms with Gasteiger partial charge in [-0.2, -0.15) is 0 Å². The van der Waals surface area contributed by atoms with E-state index in [0.29, 0.717) is 17.2 Å². The van der Waals surface area contributed by atoms with E-state index in [0.717, 1.165) is 5.75 Å². The summed E-state index contributed by atoms with van der Waals surface area (Å²) in [6, 6.07) is 9.90. The topological polar surface area (TPSA) is 75.7 Å². The van der Waals surface area contributed by atoms with Gasteiger partial charge < -0.3 is 20.7 Å². The first-order valence-electron chi connectivity index (χ1n) is 6.21. The molecule has 0 amide bonds. The molecule has 0 spiro atoms. The van der Waals surface area contributed by atoms with Crippen LogP contribution in [0.1, 0.15) is 24.2 Å². The highest BCUT2D eigenvalue weighted by atomic mass is 35.5. The molecule has 2 aromatic rings. The normalized spacial score (nSPS) is 12.2. The lowest BCUT2D eigenvalue weighted by atomic mass is 10.00. The number of aromatic hydroxyl groups is 1. The minimum Gasteiger partial charge on any atom is -0.505 e. The van der Waals surface area contributed by atoms with Gasteiger partial charge >= 0.3 is 0 Å². The number of anilines is 1. The average molecular weight is 294 g/mol. The van der Waals surface area contributed by atoms with Crippen LogP contribution in [-0.4, -0.2) is 16.8 Å². The molecular formula is C15H16ClNO3. The lowest BCUT2D eigenvalue weighted by molar-refractivity contribution is 0.215. The van der Waals surface area contributed by atoms with E-state index in [-0.39, 0.29) is 17.0 Å². The van der Waals surface area contributed by atoms with Crippen molar-refractivity contribution in [2.75, 3.05) is 12.3 Å². The summed E-state index contributed by atoms with van der Waals surface area (Å²) < 4.78 is 5.34. The summed E-state index contributed by atoms with van der Waals surface area (Å²) in [6.07, 6.45) is -1.01. The average Bonchev–Trinajstić information content (AvgIpc) is 2.43. The molecule has 4 N–H and O–H groups in total. The molecule has 4 nitrogen and oxygen atoms in total. The number of hydrogen-bond acceptors (Lipinski definition) is 4.